The molecule has 0 rings (SSSR count). The Kier molecular flexibility index (Phi) is 16.8. The fraction of sp³-hybridized carbons (Fsp3) is 1.00. The van der Waals surface area contributed by atoms with Gasteiger partial charge >= 0.3 is 0 Å². The van der Waals surface area contributed by atoms with Gasteiger partial charge in [0.2, 0.25) is 0 Å². The third-order valence-corrected chi connectivity index (χ3v) is 5.31. The van der Waals surface area contributed by atoms with Crippen LogP contribution in [0.1, 0.15) is 92.9 Å². The SMILES string of the molecule is CCCCOCOCCCC(C)CC(C)CC(C)CC(C)CC(C)Br. The highest BCUT2D eigenvalue weighted by atomic mass is 79.9. The van der Waals surface area contributed by atoms with E-state index in [4.69, 9.17) is 9.47 Å². The molecule has 0 aliphatic rings. The molecule has 0 saturated carbocycles. The highest BCUT2D eigenvalue weighted by Crippen LogP contribution is 2.27. The Morgan fingerprint density at radius 2 is 1.16 bits per heavy atom. The topological polar surface area (TPSA) is 18.5 Å². The highest BCUT2D eigenvalue weighted by molar-refractivity contribution is 9.09. The fourth-order valence-corrected chi connectivity index (χ4v) is 4.62. The third kappa shape index (κ3) is 17.6. The first kappa shape index (κ1) is 25.4. The van der Waals surface area contributed by atoms with Crippen LogP contribution in [0.15, 0.2) is 0 Å². The predicted molar refractivity (Wildman–Crippen MR) is 114 cm³/mol. The van der Waals surface area contributed by atoms with Gasteiger partial charge in [-0.3, -0.25) is 0 Å². The molecular formula is C22H45BrO2. The molecule has 0 aromatic carbocycles. The average molecular weight is 422 g/mol. The van der Waals surface area contributed by atoms with Crippen LogP contribution >= 0.6 is 15.9 Å². The standard InChI is InChI=1S/C22H45BrO2/c1-7-8-11-24-17-25-12-9-10-18(2)13-19(3)14-20(4)15-21(5)16-22(6)23/h18-22H,7-17H2,1-6H3. The molecule has 0 N–H and O–H groups in total. The summed E-state index contributed by atoms with van der Waals surface area (Å²) in [5, 5.41) is 0. The normalized spacial score (nSPS) is 17.9. The summed E-state index contributed by atoms with van der Waals surface area (Å²) in [4.78, 5) is 0.645. The van der Waals surface area contributed by atoms with E-state index in [2.05, 4.69) is 57.5 Å². The predicted octanol–water partition coefficient (Wildman–Crippen LogP) is 7.45. The van der Waals surface area contributed by atoms with Gasteiger partial charge in [0.1, 0.15) is 6.79 Å². The van der Waals surface area contributed by atoms with Gasteiger partial charge in [-0.1, -0.05) is 63.9 Å². The zero-order valence-electron chi connectivity index (χ0n) is 17.9. The van der Waals surface area contributed by atoms with Crippen molar-refractivity contribution in [2.45, 2.75) is 97.7 Å². The summed E-state index contributed by atoms with van der Waals surface area (Å²) >= 11 is 3.68. The second-order valence-electron chi connectivity index (χ2n) is 8.57. The van der Waals surface area contributed by atoms with Crippen LogP contribution in [-0.2, 0) is 9.47 Å². The Morgan fingerprint density at radius 1 is 0.680 bits per heavy atom. The summed E-state index contributed by atoms with van der Waals surface area (Å²) < 4.78 is 11.0. The Morgan fingerprint density at radius 3 is 1.68 bits per heavy atom. The van der Waals surface area contributed by atoms with Gasteiger partial charge in [0.25, 0.3) is 0 Å². The second-order valence-corrected chi connectivity index (χ2v) is 10.1. The maximum absolute atomic E-state index is 5.55. The molecule has 0 aliphatic carbocycles. The van der Waals surface area contributed by atoms with Gasteiger partial charge in [0, 0.05) is 18.0 Å². The number of alkyl halides is 1. The van der Waals surface area contributed by atoms with Crippen molar-refractivity contribution >= 4 is 15.9 Å². The summed E-state index contributed by atoms with van der Waals surface area (Å²) in [6, 6.07) is 0. The molecular weight excluding hydrogens is 376 g/mol. The maximum atomic E-state index is 5.55. The van der Waals surface area contributed by atoms with Crippen LogP contribution in [0.25, 0.3) is 0 Å². The van der Waals surface area contributed by atoms with Gasteiger partial charge in [0.15, 0.2) is 0 Å². The van der Waals surface area contributed by atoms with E-state index in [-0.39, 0.29) is 0 Å². The lowest BCUT2D eigenvalue weighted by Crippen LogP contribution is -2.12. The first-order valence-electron chi connectivity index (χ1n) is 10.6. The molecule has 0 aromatic heterocycles. The van der Waals surface area contributed by atoms with Crippen LogP contribution in [0, 0.1) is 23.7 Å². The van der Waals surface area contributed by atoms with Crippen molar-refractivity contribution in [2.24, 2.45) is 23.7 Å². The second kappa shape index (κ2) is 16.6. The van der Waals surface area contributed by atoms with Crippen molar-refractivity contribution < 1.29 is 9.47 Å². The lowest BCUT2D eigenvalue weighted by atomic mass is 9.84. The molecule has 0 amide bonds. The molecule has 0 radical (unpaired) electrons. The van der Waals surface area contributed by atoms with Crippen LogP contribution in [0.5, 0.6) is 0 Å². The smallest absolute Gasteiger partial charge is 0.146 e. The summed E-state index contributed by atoms with van der Waals surface area (Å²) in [5.41, 5.74) is 0. The lowest BCUT2D eigenvalue weighted by Gasteiger charge is -2.23. The number of unbranched alkanes of at least 4 members (excludes halogenated alkanes) is 1. The van der Waals surface area contributed by atoms with E-state index < -0.39 is 0 Å². The van der Waals surface area contributed by atoms with E-state index in [0.29, 0.717) is 11.6 Å². The van der Waals surface area contributed by atoms with E-state index in [9.17, 15) is 0 Å². The van der Waals surface area contributed by atoms with Gasteiger partial charge in [-0.2, -0.15) is 0 Å². The highest BCUT2D eigenvalue weighted by Gasteiger charge is 2.15. The lowest BCUT2D eigenvalue weighted by molar-refractivity contribution is -0.0558. The van der Waals surface area contributed by atoms with Gasteiger partial charge in [-0.15, -0.1) is 0 Å². The van der Waals surface area contributed by atoms with Crippen molar-refractivity contribution in [1.82, 2.24) is 0 Å². The van der Waals surface area contributed by atoms with Gasteiger partial charge in [-0.25, -0.2) is 0 Å². The minimum Gasteiger partial charge on any atom is -0.355 e. The minimum absolute atomic E-state index is 0.466. The van der Waals surface area contributed by atoms with Crippen molar-refractivity contribution in [3.05, 3.63) is 0 Å². The Hall–Kier alpha value is 0.400. The van der Waals surface area contributed by atoms with Crippen LogP contribution < -0.4 is 0 Å². The van der Waals surface area contributed by atoms with Gasteiger partial charge in [-0.05, 0) is 68.6 Å². The van der Waals surface area contributed by atoms with Gasteiger partial charge in [0.05, 0.1) is 0 Å². The quantitative estimate of drug-likeness (QED) is 0.138. The average Bonchev–Trinajstić information content (AvgIpc) is 2.48. The first-order chi connectivity index (χ1) is 11.8. The summed E-state index contributed by atoms with van der Waals surface area (Å²) in [6.07, 6.45) is 10.1. The van der Waals surface area contributed by atoms with Crippen LogP contribution in [-0.4, -0.2) is 24.8 Å². The molecule has 5 unspecified atom stereocenters. The van der Waals surface area contributed by atoms with Crippen molar-refractivity contribution in [3.63, 3.8) is 0 Å². The molecule has 0 spiro atoms. The van der Waals surface area contributed by atoms with E-state index in [0.717, 1.165) is 49.7 Å². The molecule has 152 valence electrons. The Labute approximate surface area is 166 Å². The molecule has 5 atom stereocenters. The molecule has 25 heavy (non-hydrogen) atoms. The maximum Gasteiger partial charge on any atom is 0.146 e. The number of ether oxygens (including phenoxy) is 2. The number of hydrogen-bond donors (Lipinski definition) is 0. The summed E-state index contributed by atoms with van der Waals surface area (Å²) in [7, 11) is 0. The van der Waals surface area contributed by atoms with Crippen LogP contribution in [0.3, 0.4) is 0 Å². The Balaban J connectivity index is 3.65. The molecule has 0 saturated heterocycles. The minimum atomic E-state index is 0.466. The molecule has 0 fully saturated rings. The first-order valence-corrected chi connectivity index (χ1v) is 11.6. The van der Waals surface area contributed by atoms with Crippen LogP contribution in [0.2, 0.25) is 0 Å². The van der Waals surface area contributed by atoms with E-state index in [1.807, 2.05) is 0 Å². The molecule has 2 nitrogen and oxygen atoms in total. The monoisotopic (exact) mass is 420 g/mol. The molecule has 0 bridgehead atoms. The number of halogens is 1. The summed E-state index contributed by atoms with van der Waals surface area (Å²) in [6.45, 7) is 16.2. The fourth-order valence-electron chi connectivity index (χ4n) is 3.98. The molecule has 0 aliphatic heterocycles. The molecule has 3 heteroatoms. The van der Waals surface area contributed by atoms with E-state index in [1.165, 1.54) is 38.5 Å². The number of rotatable bonds is 17. The molecule has 0 heterocycles. The van der Waals surface area contributed by atoms with E-state index in [1.54, 1.807) is 0 Å². The largest absolute Gasteiger partial charge is 0.355 e. The third-order valence-electron chi connectivity index (χ3n) is 4.94. The van der Waals surface area contributed by atoms with Crippen molar-refractivity contribution in [1.29, 1.82) is 0 Å². The van der Waals surface area contributed by atoms with Crippen molar-refractivity contribution in [2.75, 3.05) is 20.0 Å². The van der Waals surface area contributed by atoms with Crippen LogP contribution in [0.4, 0.5) is 0 Å². The zero-order valence-corrected chi connectivity index (χ0v) is 19.4. The van der Waals surface area contributed by atoms with Crippen molar-refractivity contribution in [3.8, 4) is 0 Å². The summed E-state index contributed by atoms with van der Waals surface area (Å²) in [5.74, 6) is 3.29. The zero-order chi connectivity index (χ0) is 19.1. The number of hydrogen-bond acceptors (Lipinski definition) is 2. The van der Waals surface area contributed by atoms with E-state index >= 15 is 0 Å². The molecule has 0 aromatic rings. The Bertz CT molecular complexity index is 283. The van der Waals surface area contributed by atoms with Gasteiger partial charge < -0.3 is 9.47 Å².